The Morgan fingerprint density at radius 2 is 1.72 bits per heavy atom. The minimum absolute atomic E-state index is 0. The Kier molecular flexibility index (Phi) is 10.5. The first-order chi connectivity index (χ1) is 13.8. The molecule has 1 aliphatic heterocycles. The number of rotatable bonds is 8. The second kappa shape index (κ2) is 12.9. The molecule has 0 amide bonds. The molecule has 0 spiro atoms. The summed E-state index contributed by atoms with van der Waals surface area (Å²) in [7, 11) is 1.81. The molecule has 1 aromatic carbocycles. The second-order valence-electron chi connectivity index (χ2n) is 7.16. The molecule has 1 aromatic heterocycles. The fourth-order valence-electron chi connectivity index (χ4n) is 3.55. The Balaban J connectivity index is 0.00000300. The average molecular weight is 511 g/mol. The van der Waals surface area contributed by atoms with Crippen LogP contribution in [0.3, 0.4) is 0 Å². The van der Waals surface area contributed by atoms with E-state index in [1.807, 2.05) is 12.1 Å². The van der Waals surface area contributed by atoms with Crippen molar-refractivity contribution >= 4 is 29.9 Å². The zero-order chi connectivity index (χ0) is 19.6. The average Bonchev–Trinajstić information content (AvgIpc) is 3.25. The fourth-order valence-corrected chi connectivity index (χ4v) is 3.55. The molecule has 0 atom stereocenters. The van der Waals surface area contributed by atoms with Crippen LogP contribution in [0.5, 0.6) is 0 Å². The number of halogens is 1. The number of aliphatic imine (C=N–C) groups is 1. The molecule has 1 fully saturated rings. The first-order valence-corrected chi connectivity index (χ1v) is 10.3. The van der Waals surface area contributed by atoms with Gasteiger partial charge in [0.1, 0.15) is 5.76 Å². The molecular formula is C22H34IN5O. The SMILES string of the molecule is CCN1CCN(Cc2ccccc2CNC(=NC)NCCc2ccco2)CC1.I. The Bertz CT molecular complexity index is 727. The van der Waals surface area contributed by atoms with E-state index in [0.717, 1.165) is 57.4 Å². The molecule has 29 heavy (non-hydrogen) atoms. The second-order valence-corrected chi connectivity index (χ2v) is 7.16. The van der Waals surface area contributed by atoms with Gasteiger partial charge in [-0.05, 0) is 29.8 Å². The van der Waals surface area contributed by atoms with Gasteiger partial charge in [-0.25, -0.2) is 0 Å². The Hall–Kier alpha value is -1.58. The topological polar surface area (TPSA) is 56.0 Å². The van der Waals surface area contributed by atoms with Crippen LogP contribution in [-0.2, 0) is 19.5 Å². The molecule has 3 rings (SSSR count). The van der Waals surface area contributed by atoms with Crippen LogP contribution in [0.1, 0.15) is 23.8 Å². The van der Waals surface area contributed by atoms with Gasteiger partial charge < -0.3 is 20.0 Å². The van der Waals surface area contributed by atoms with E-state index in [1.54, 1.807) is 13.3 Å². The maximum atomic E-state index is 5.37. The van der Waals surface area contributed by atoms with Gasteiger partial charge in [-0.15, -0.1) is 24.0 Å². The van der Waals surface area contributed by atoms with Crippen LogP contribution in [-0.4, -0.2) is 62.1 Å². The van der Waals surface area contributed by atoms with Gasteiger partial charge in [0.2, 0.25) is 0 Å². The molecule has 160 valence electrons. The van der Waals surface area contributed by atoms with Crippen LogP contribution in [0, 0.1) is 0 Å². The minimum atomic E-state index is 0. The van der Waals surface area contributed by atoms with Crippen molar-refractivity contribution in [3.63, 3.8) is 0 Å². The first-order valence-electron chi connectivity index (χ1n) is 10.3. The lowest BCUT2D eigenvalue weighted by Gasteiger charge is -2.34. The third-order valence-electron chi connectivity index (χ3n) is 5.34. The highest BCUT2D eigenvalue weighted by Crippen LogP contribution is 2.13. The highest BCUT2D eigenvalue weighted by atomic mass is 127. The van der Waals surface area contributed by atoms with Gasteiger partial charge in [-0.1, -0.05) is 31.2 Å². The molecule has 0 saturated carbocycles. The van der Waals surface area contributed by atoms with Gasteiger partial charge in [0.15, 0.2) is 5.96 Å². The van der Waals surface area contributed by atoms with Crippen molar-refractivity contribution in [2.75, 3.05) is 46.3 Å². The predicted molar refractivity (Wildman–Crippen MR) is 130 cm³/mol. The van der Waals surface area contributed by atoms with Crippen molar-refractivity contribution in [1.29, 1.82) is 0 Å². The van der Waals surface area contributed by atoms with E-state index in [9.17, 15) is 0 Å². The number of nitrogens with one attached hydrogen (secondary N) is 2. The molecule has 7 heteroatoms. The zero-order valence-corrected chi connectivity index (χ0v) is 19.9. The third-order valence-corrected chi connectivity index (χ3v) is 5.34. The Morgan fingerprint density at radius 1 is 1.00 bits per heavy atom. The fraction of sp³-hybridized carbons (Fsp3) is 0.500. The van der Waals surface area contributed by atoms with Gasteiger partial charge in [0.25, 0.3) is 0 Å². The van der Waals surface area contributed by atoms with Crippen molar-refractivity contribution in [3.05, 3.63) is 59.5 Å². The van der Waals surface area contributed by atoms with Crippen LogP contribution in [0.4, 0.5) is 0 Å². The molecule has 2 aromatic rings. The summed E-state index contributed by atoms with van der Waals surface area (Å²) >= 11 is 0. The van der Waals surface area contributed by atoms with Crippen LogP contribution in [0.15, 0.2) is 52.1 Å². The Morgan fingerprint density at radius 3 is 2.38 bits per heavy atom. The minimum Gasteiger partial charge on any atom is -0.469 e. The number of hydrogen-bond donors (Lipinski definition) is 2. The summed E-state index contributed by atoms with van der Waals surface area (Å²) in [5, 5.41) is 6.79. The van der Waals surface area contributed by atoms with Crippen LogP contribution in [0.25, 0.3) is 0 Å². The lowest BCUT2D eigenvalue weighted by atomic mass is 10.1. The molecule has 1 saturated heterocycles. The summed E-state index contributed by atoms with van der Waals surface area (Å²) in [6, 6.07) is 12.6. The number of guanidine groups is 1. The monoisotopic (exact) mass is 511 g/mol. The van der Waals surface area contributed by atoms with E-state index >= 15 is 0 Å². The zero-order valence-electron chi connectivity index (χ0n) is 17.6. The summed E-state index contributed by atoms with van der Waals surface area (Å²) in [5.41, 5.74) is 2.72. The normalized spacial score (nSPS) is 15.7. The van der Waals surface area contributed by atoms with Crippen LogP contribution >= 0.6 is 24.0 Å². The molecule has 0 bridgehead atoms. The number of benzene rings is 1. The van der Waals surface area contributed by atoms with Crippen molar-refractivity contribution < 1.29 is 4.42 Å². The maximum absolute atomic E-state index is 5.37. The van der Waals surface area contributed by atoms with E-state index in [4.69, 9.17) is 4.42 Å². The predicted octanol–water partition coefficient (Wildman–Crippen LogP) is 2.94. The van der Waals surface area contributed by atoms with Crippen molar-refractivity contribution in [3.8, 4) is 0 Å². The van der Waals surface area contributed by atoms with Gasteiger partial charge in [0.05, 0.1) is 6.26 Å². The highest BCUT2D eigenvalue weighted by Gasteiger charge is 2.16. The molecule has 2 N–H and O–H groups in total. The van der Waals surface area contributed by atoms with E-state index in [2.05, 4.69) is 56.6 Å². The van der Waals surface area contributed by atoms with Gasteiger partial charge in [-0.2, -0.15) is 0 Å². The maximum Gasteiger partial charge on any atom is 0.191 e. The lowest BCUT2D eigenvalue weighted by molar-refractivity contribution is 0.131. The summed E-state index contributed by atoms with van der Waals surface area (Å²) in [6.07, 6.45) is 2.55. The van der Waals surface area contributed by atoms with Gasteiger partial charge in [0, 0.05) is 59.3 Å². The largest absolute Gasteiger partial charge is 0.469 e. The summed E-state index contributed by atoms with van der Waals surface area (Å²) in [4.78, 5) is 9.41. The Labute approximate surface area is 191 Å². The van der Waals surface area contributed by atoms with Crippen molar-refractivity contribution in [1.82, 2.24) is 20.4 Å². The van der Waals surface area contributed by atoms with Crippen molar-refractivity contribution in [2.24, 2.45) is 4.99 Å². The molecule has 2 heterocycles. The number of piperazine rings is 1. The summed E-state index contributed by atoms with van der Waals surface area (Å²) < 4.78 is 5.37. The standard InChI is InChI=1S/C22H33N5O.HI/c1-3-26-12-14-27(15-13-26)18-20-8-5-4-7-19(20)17-25-22(23-2)24-11-10-21-9-6-16-28-21;/h4-9,16H,3,10-15,17-18H2,1-2H3,(H2,23,24,25);1H. The van der Waals surface area contributed by atoms with E-state index < -0.39 is 0 Å². The van der Waals surface area contributed by atoms with Crippen LogP contribution < -0.4 is 10.6 Å². The van der Waals surface area contributed by atoms with Crippen LogP contribution in [0.2, 0.25) is 0 Å². The number of hydrogen-bond acceptors (Lipinski definition) is 4. The lowest BCUT2D eigenvalue weighted by Crippen LogP contribution is -2.45. The number of nitrogens with zero attached hydrogens (tertiary/aromatic N) is 3. The first kappa shape index (κ1) is 23.7. The molecule has 0 unspecified atom stereocenters. The molecule has 0 radical (unpaired) electrons. The van der Waals surface area contributed by atoms with Gasteiger partial charge in [-0.3, -0.25) is 9.89 Å². The third kappa shape index (κ3) is 7.64. The van der Waals surface area contributed by atoms with Crippen molar-refractivity contribution in [2.45, 2.75) is 26.4 Å². The van der Waals surface area contributed by atoms with Gasteiger partial charge >= 0.3 is 0 Å². The summed E-state index contributed by atoms with van der Waals surface area (Å²) in [6.45, 7) is 10.6. The van der Waals surface area contributed by atoms with E-state index in [1.165, 1.54) is 24.2 Å². The molecular weight excluding hydrogens is 477 g/mol. The molecule has 0 aliphatic carbocycles. The molecule has 6 nitrogen and oxygen atoms in total. The highest BCUT2D eigenvalue weighted by molar-refractivity contribution is 14.0. The van der Waals surface area contributed by atoms with E-state index in [0.29, 0.717) is 0 Å². The van der Waals surface area contributed by atoms with E-state index in [-0.39, 0.29) is 24.0 Å². The number of likely N-dealkylation sites (N-methyl/N-ethyl adjacent to an activating group) is 1. The quantitative estimate of drug-likeness (QED) is 0.325. The summed E-state index contributed by atoms with van der Waals surface area (Å²) in [5.74, 6) is 1.80. The number of furan rings is 1. The molecule has 1 aliphatic rings. The smallest absolute Gasteiger partial charge is 0.191 e.